The van der Waals surface area contributed by atoms with Crippen LogP contribution < -0.4 is 5.32 Å². The first-order valence-corrected chi connectivity index (χ1v) is 8.09. The van der Waals surface area contributed by atoms with E-state index in [1.165, 1.54) is 16.7 Å². The van der Waals surface area contributed by atoms with Crippen LogP contribution in [0.4, 0.5) is 5.82 Å². The summed E-state index contributed by atoms with van der Waals surface area (Å²) in [6, 6.07) is 18.0. The van der Waals surface area contributed by atoms with Gasteiger partial charge in [-0.1, -0.05) is 42.0 Å². The maximum Gasteiger partial charge on any atom is 0.225 e. The Labute approximate surface area is 142 Å². The first-order valence-electron chi connectivity index (χ1n) is 8.09. The third-order valence-corrected chi connectivity index (χ3v) is 4.00. The van der Waals surface area contributed by atoms with E-state index in [1.54, 1.807) is 4.68 Å². The Morgan fingerprint density at radius 1 is 1.08 bits per heavy atom. The van der Waals surface area contributed by atoms with Crippen LogP contribution in [0.3, 0.4) is 0 Å². The van der Waals surface area contributed by atoms with Gasteiger partial charge in [0, 0.05) is 18.7 Å². The Morgan fingerprint density at radius 3 is 2.62 bits per heavy atom. The summed E-state index contributed by atoms with van der Waals surface area (Å²) >= 11 is 0. The number of nitrogens with one attached hydrogen (secondary N) is 1. The quantitative estimate of drug-likeness (QED) is 0.771. The Bertz CT molecular complexity index is 837. The van der Waals surface area contributed by atoms with E-state index in [9.17, 15) is 4.79 Å². The van der Waals surface area contributed by atoms with Gasteiger partial charge in [0.1, 0.15) is 0 Å². The lowest BCUT2D eigenvalue weighted by molar-refractivity contribution is -0.116. The molecule has 4 nitrogen and oxygen atoms in total. The minimum absolute atomic E-state index is 0.0201. The molecule has 0 aliphatic rings. The molecule has 4 heteroatoms. The van der Waals surface area contributed by atoms with Crippen LogP contribution in [-0.2, 0) is 11.2 Å². The van der Waals surface area contributed by atoms with Crippen molar-refractivity contribution in [3.63, 3.8) is 0 Å². The molecule has 1 N–H and O–H groups in total. The number of hydrogen-bond acceptors (Lipinski definition) is 2. The van der Waals surface area contributed by atoms with E-state index in [1.807, 2.05) is 42.6 Å². The van der Waals surface area contributed by atoms with Gasteiger partial charge in [-0.15, -0.1) is 0 Å². The lowest BCUT2D eigenvalue weighted by atomic mass is 10.0. The van der Waals surface area contributed by atoms with E-state index in [0.717, 1.165) is 12.1 Å². The van der Waals surface area contributed by atoms with Crippen molar-refractivity contribution in [3.8, 4) is 5.69 Å². The lowest BCUT2D eigenvalue weighted by Crippen LogP contribution is -2.13. The fourth-order valence-corrected chi connectivity index (χ4v) is 2.69. The molecule has 1 heterocycles. The van der Waals surface area contributed by atoms with Gasteiger partial charge in [0.15, 0.2) is 5.82 Å². The summed E-state index contributed by atoms with van der Waals surface area (Å²) in [7, 11) is 0. The van der Waals surface area contributed by atoms with Crippen molar-refractivity contribution in [1.82, 2.24) is 9.78 Å². The predicted molar refractivity (Wildman–Crippen MR) is 96.4 cm³/mol. The summed E-state index contributed by atoms with van der Waals surface area (Å²) in [5.74, 6) is 0.553. The molecule has 24 heavy (non-hydrogen) atoms. The molecule has 0 saturated carbocycles. The van der Waals surface area contributed by atoms with Gasteiger partial charge in [-0.2, -0.15) is 5.10 Å². The van der Waals surface area contributed by atoms with Crippen molar-refractivity contribution >= 4 is 11.7 Å². The second-order valence-corrected chi connectivity index (χ2v) is 5.96. The molecule has 0 unspecified atom stereocenters. The van der Waals surface area contributed by atoms with Crippen LogP contribution in [0.5, 0.6) is 0 Å². The van der Waals surface area contributed by atoms with Gasteiger partial charge in [-0.25, -0.2) is 4.68 Å². The summed E-state index contributed by atoms with van der Waals surface area (Å²) in [6.45, 7) is 4.16. The van der Waals surface area contributed by atoms with E-state index in [2.05, 4.69) is 42.5 Å². The summed E-state index contributed by atoms with van der Waals surface area (Å²) in [5.41, 5.74) is 4.65. The minimum atomic E-state index is -0.0201. The van der Waals surface area contributed by atoms with Crippen LogP contribution in [0.15, 0.2) is 60.8 Å². The van der Waals surface area contributed by atoms with Crippen molar-refractivity contribution in [3.05, 3.63) is 77.5 Å². The van der Waals surface area contributed by atoms with Crippen LogP contribution in [0.2, 0.25) is 0 Å². The van der Waals surface area contributed by atoms with Gasteiger partial charge < -0.3 is 5.32 Å². The van der Waals surface area contributed by atoms with E-state index in [-0.39, 0.29) is 5.91 Å². The highest BCUT2D eigenvalue weighted by Gasteiger charge is 2.07. The van der Waals surface area contributed by atoms with Crippen molar-refractivity contribution in [2.24, 2.45) is 0 Å². The van der Waals surface area contributed by atoms with E-state index >= 15 is 0 Å². The molecular weight excluding hydrogens is 298 g/mol. The molecule has 3 aromatic rings. The van der Waals surface area contributed by atoms with Crippen LogP contribution in [0.25, 0.3) is 5.69 Å². The molecule has 0 fully saturated rings. The molecule has 0 saturated heterocycles. The number of aromatic nitrogens is 2. The molecule has 0 radical (unpaired) electrons. The molecule has 0 spiro atoms. The number of rotatable bonds is 5. The Kier molecular flexibility index (Phi) is 4.75. The number of benzene rings is 2. The third-order valence-electron chi connectivity index (χ3n) is 4.00. The molecule has 1 amide bonds. The van der Waals surface area contributed by atoms with Crippen molar-refractivity contribution in [2.75, 3.05) is 5.32 Å². The molecule has 2 aromatic carbocycles. The number of amides is 1. The molecule has 3 rings (SSSR count). The predicted octanol–water partition coefficient (Wildman–Crippen LogP) is 4.06. The molecule has 122 valence electrons. The van der Waals surface area contributed by atoms with E-state index < -0.39 is 0 Å². The largest absolute Gasteiger partial charge is 0.309 e. The normalized spacial score (nSPS) is 10.6. The summed E-state index contributed by atoms with van der Waals surface area (Å²) in [6.07, 6.45) is 3.02. The molecule has 0 bridgehead atoms. The Morgan fingerprint density at radius 2 is 1.88 bits per heavy atom. The van der Waals surface area contributed by atoms with Crippen molar-refractivity contribution in [2.45, 2.75) is 26.7 Å². The summed E-state index contributed by atoms with van der Waals surface area (Å²) in [5, 5.41) is 7.25. The first kappa shape index (κ1) is 16.0. The highest BCUT2D eigenvalue weighted by atomic mass is 16.1. The molecule has 0 aliphatic heterocycles. The maximum atomic E-state index is 12.1. The first-order chi connectivity index (χ1) is 11.6. The van der Waals surface area contributed by atoms with Crippen LogP contribution in [0.1, 0.15) is 23.1 Å². The van der Waals surface area contributed by atoms with Gasteiger partial charge in [-0.05, 0) is 43.5 Å². The second kappa shape index (κ2) is 7.13. The highest BCUT2D eigenvalue weighted by molar-refractivity contribution is 5.89. The highest BCUT2D eigenvalue weighted by Crippen LogP contribution is 2.14. The smallest absolute Gasteiger partial charge is 0.225 e. The van der Waals surface area contributed by atoms with Crippen molar-refractivity contribution in [1.29, 1.82) is 0 Å². The molecule has 1 aromatic heterocycles. The van der Waals surface area contributed by atoms with E-state index in [0.29, 0.717) is 12.2 Å². The van der Waals surface area contributed by atoms with Crippen molar-refractivity contribution < 1.29 is 4.79 Å². The zero-order chi connectivity index (χ0) is 16.9. The maximum absolute atomic E-state index is 12.1. The van der Waals surface area contributed by atoms with Gasteiger partial charge >= 0.3 is 0 Å². The van der Waals surface area contributed by atoms with Crippen LogP contribution >= 0.6 is 0 Å². The van der Waals surface area contributed by atoms with Gasteiger partial charge in [0.2, 0.25) is 5.91 Å². The number of nitrogens with zero attached hydrogens (tertiary/aromatic N) is 2. The SMILES string of the molecule is Cc1ccc(CCC(=O)Nc2ccn(-c3ccccc3)n2)c(C)c1. The average Bonchev–Trinajstić information content (AvgIpc) is 3.03. The minimum Gasteiger partial charge on any atom is -0.309 e. The molecule has 0 aliphatic carbocycles. The van der Waals surface area contributed by atoms with Crippen LogP contribution in [-0.4, -0.2) is 15.7 Å². The van der Waals surface area contributed by atoms with Gasteiger partial charge in [0.05, 0.1) is 5.69 Å². The fraction of sp³-hybridized carbons (Fsp3) is 0.200. The standard InChI is InChI=1S/C20H21N3O/c1-15-8-9-17(16(2)14-15)10-11-20(24)21-19-12-13-23(22-19)18-6-4-3-5-7-18/h3-9,12-14H,10-11H2,1-2H3,(H,21,22,24). The lowest BCUT2D eigenvalue weighted by Gasteiger charge is -2.07. The molecule has 0 atom stereocenters. The topological polar surface area (TPSA) is 46.9 Å². The number of anilines is 1. The zero-order valence-electron chi connectivity index (χ0n) is 14.0. The zero-order valence-corrected chi connectivity index (χ0v) is 14.0. The van der Waals surface area contributed by atoms with Gasteiger partial charge in [0.25, 0.3) is 0 Å². The van der Waals surface area contributed by atoms with Crippen LogP contribution in [0, 0.1) is 13.8 Å². The Balaban J connectivity index is 1.58. The summed E-state index contributed by atoms with van der Waals surface area (Å²) < 4.78 is 1.75. The average molecular weight is 319 g/mol. The fourth-order valence-electron chi connectivity index (χ4n) is 2.69. The Hall–Kier alpha value is -2.88. The van der Waals surface area contributed by atoms with E-state index in [4.69, 9.17) is 0 Å². The second-order valence-electron chi connectivity index (χ2n) is 5.96. The number of aryl methyl sites for hydroxylation is 3. The molecular formula is C20H21N3O. The third kappa shape index (κ3) is 3.90. The monoisotopic (exact) mass is 319 g/mol. The summed E-state index contributed by atoms with van der Waals surface area (Å²) in [4.78, 5) is 12.1. The number of carbonyl (C=O) groups excluding carboxylic acids is 1. The number of para-hydroxylation sites is 1. The number of hydrogen-bond donors (Lipinski definition) is 1. The van der Waals surface area contributed by atoms with Gasteiger partial charge in [-0.3, -0.25) is 4.79 Å². The number of carbonyl (C=O) groups is 1.